The zero-order valence-corrected chi connectivity index (χ0v) is 10.8. The van der Waals surface area contributed by atoms with Crippen molar-refractivity contribution in [3.63, 3.8) is 0 Å². The Morgan fingerprint density at radius 3 is 2.58 bits per heavy atom. The number of carboxylic acid groups (broad SMARTS) is 1. The number of amides is 1. The topological polar surface area (TPSA) is 66.8 Å². The molecule has 0 bridgehead atoms. The normalized spacial score (nSPS) is 11.4. The molecule has 1 atom stereocenters. The van der Waals surface area contributed by atoms with Crippen LogP contribution in [0.3, 0.4) is 0 Å². The number of hydrogen-bond donors (Lipinski definition) is 1. The standard InChI is InChI=1S/C14H17NO4/c1-3-9-15(11(2)13(16)17)14(18)19-10-12-7-5-4-6-8-12/h3-8,11H,1,9-10H2,2H3,(H,16,17)/t11-/m0/s1. The molecule has 0 aliphatic carbocycles. The lowest BCUT2D eigenvalue weighted by Crippen LogP contribution is -2.43. The van der Waals surface area contributed by atoms with Gasteiger partial charge in [0, 0.05) is 6.54 Å². The molecule has 1 aromatic carbocycles. The average molecular weight is 263 g/mol. The Bertz CT molecular complexity index is 444. The Morgan fingerprint density at radius 1 is 1.42 bits per heavy atom. The number of nitrogens with zero attached hydrogens (tertiary/aromatic N) is 1. The summed E-state index contributed by atoms with van der Waals surface area (Å²) in [7, 11) is 0. The number of carboxylic acids is 1. The lowest BCUT2D eigenvalue weighted by Gasteiger charge is -2.24. The molecule has 0 aliphatic heterocycles. The summed E-state index contributed by atoms with van der Waals surface area (Å²) in [4.78, 5) is 23.9. The molecule has 0 fully saturated rings. The summed E-state index contributed by atoms with van der Waals surface area (Å²) in [6.07, 6.45) is 0.794. The van der Waals surface area contributed by atoms with Crippen molar-refractivity contribution < 1.29 is 19.4 Å². The molecule has 0 aromatic heterocycles. The summed E-state index contributed by atoms with van der Waals surface area (Å²) < 4.78 is 5.09. The molecule has 1 aromatic rings. The summed E-state index contributed by atoms with van der Waals surface area (Å²) in [6.45, 7) is 5.16. The van der Waals surface area contributed by atoms with Crippen molar-refractivity contribution in [2.75, 3.05) is 6.54 Å². The van der Waals surface area contributed by atoms with Crippen LogP contribution < -0.4 is 0 Å². The van der Waals surface area contributed by atoms with Crippen LogP contribution in [0.25, 0.3) is 0 Å². The van der Waals surface area contributed by atoms with Crippen LogP contribution in [-0.2, 0) is 16.1 Å². The van der Waals surface area contributed by atoms with E-state index in [4.69, 9.17) is 9.84 Å². The highest BCUT2D eigenvalue weighted by atomic mass is 16.6. The predicted octanol–water partition coefficient (Wildman–Crippen LogP) is 2.28. The number of benzene rings is 1. The van der Waals surface area contributed by atoms with Gasteiger partial charge in [0.05, 0.1) is 0 Å². The van der Waals surface area contributed by atoms with Gasteiger partial charge in [-0.2, -0.15) is 0 Å². The number of carbonyl (C=O) groups is 2. The van der Waals surface area contributed by atoms with Gasteiger partial charge in [-0.25, -0.2) is 9.59 Å². The van der Waals surface area contributed by atoms with Gasteiger partial charge in [-0.15, -0.1) is 6.58 Å². The van der Waals surface area contributed by atoms with Gasteiger partial charge in [0.2, 0.25) is 0 Å². The van der Waals surface area contributed by atoms with E-state index in [1.165, 1.54) is 13.0 Å². The van der Waals surface area contributed by atoms with Crippen LogP contribution in [0, 0.1) is 0 Å². The molecule has 0 saturated heterocycles. The minimum atomic E-state index is -1.08. The van der Waals surface area contributed by atoms with Gasteiger partial charge in [-0.05, 0) is 12.5 Å². The Morgan fingerprint density at radius 2 is 2.05 bits per heavy atom. The van der Waals surface area contributed by atoms with E-state index in [9.17, 15) is 9.59 Å². The van der Waals surface area contributed by atoms with E-state index in [0.29, 0.717) is 0 Å². The Kier molecular flexibility index (Phi) is 5.60. The van der Waals surface area contributed by atoms with Gasteiger partial charge < -0.3 is 9.84 Å². The van der Waals surface area contributed by atoms with Gasteiger partial charge in [-0.1, -0.05) is 36.4 Å². The van der Waals surface area contributed by atoms with Crippen molar-refractivity contribution in [2.45, 2.75) is 19.6 Å². The Labute approximate surface area is 112 Å². The third kappa shape index (κ3) is 4.46. The van der Waals surface area contributed by atoms with Gasteiger partial charge >= 0.3 is 12.1 Å². The van der Waals surface area contributed by atoms with Crippen LogP contribution in [0.1, 0.15) is 12.5 Å². The second-order valence-corrected chi connectivity index (χ2v) is 4.00. The van der Waals surface area contributed by atoms with E-state index in [1.807, 2.05) is 30.3 Å². The predicted molar refractivity (Wildman–Crippen MR) is 70.6 cm³/mol. The third-order valence-corrected chi connectivity index (χ3v) is 2.59. The maximum atomic E-state index is 11.8. The minimum Gasteiger partial charge on any atom is -0.480 e. The number of ether oxygens (including phenoxy) is 1. The van der Waals surface area contributed by atoms with E-state index in [1.54, 1.807) is 0 Å². The molecular formula is C14H17NO4. The quantitative estimate of drug-likeness (QED) is 0.799. The molecule has 102 valence electrons. The van der Waals surface area contributed by atoms with Gasteiger partial charge in [0.15, 0.2) is 0 Å². The van der Waals surface area contributed by atoms with Gasteiger partial charge in [0.1, 0.15) is 12.6 Å². The average Bonchev–Trinajstić information content (AvgIpc) is 2.42. The second kappa shape index (κ2) is 7.20. The summed E-state index contributed by atoms with van der Waals surface area (Å²) in [5, 5.41) is 8.93. The highest BCUT2D eigenvalue weighted by Crippen LogP contribution is 2.06. The van der Waals surface area contributed by atoms with Crippen LogP contribution in [0.4, 0.5) is 4.79 Å². The van der Waals surface area contributed by atoms with Crippen molar-refractivity contribution in [1.29, 1.82) is 0 Å². The fraction of sp³-hybridized carbons (Fsp3) is 0.286. The van der Waals surface area contributed by atoms with Crippen LogP contribution in [-0.4, -0.2) is 34.7 Å². The Hall–Kier alpha value is -2.30. The molecule has 0 unspecified atom stereocenters. The number of rotatable bonds is 6. The molecular weight excluding hydrogens is 246 g/mol. The van der Waals surface area contributed by atoms with E-state index >= 15 is 0 Å². The molecule has 0 aliphatic rings. The van der Waals surface area contributed by atoms with Crippen LogP contribution in [0.5, 0.6) is 0 Å². The van der Waals surface area contributed by atoms with Crippen LogP contribution in [0.2, 0.25) is 0 Å². The molecule has 0 spiro atoms. The molecule has 19 heavy (non-hydrogen) atoms. The number of aliphatic carboxylic acids is 1. The first-order chi connectivity index (χ1) is 9.06. The lowest BCUT2D eigenvalue weighted by molar-refractivity contribution is -0.141. The summed E-state index contributed by atoms with van der Waals surface area (Å²) in [5.74, 6) is -1.08. The summed E-state index contributed by atoms with van der Waals surface area (Å²) in [6, 6.07) is 8.23. The molecule has 0 heterocycles. The van der Waals surface area contributed by atoms with Gasteiger partial charge in [0.25, 0.3) is 0 Å². The van der Waals surface area contributed by atoms with E-state index in [0.717, 1.165) is 10.5 Å². The van der Waals surface area contributed by atoms with Crippen molar-refractivity contribution in [1.82, 2.24) is 4.90 Å². The molecule has 1 amide bonds. The molecule has 1 rings (SSSR count). The number of hydrogen-bond acceptors (Lipinski definition) is 3. The van der Waals surface area contributed by atoms with Crippen LogP contribution in [0.15, 0.2) is 43.0 Å². The number of carbonyl (C=O) groups excluding carboxylic acids is 1. The highest BCUT2D eigenvalue weighted by Gasteiger charge is 2.25. The van der Waals surface area contributed by atoms with Crippen molar-refractivity contribution in [2.24, 2.45) is 0 Å². The smallest absolute Gasteiger partial charge is 0.411 e. The first-order valence-corrected chi connectivity index (χ1v) is 5.87. The third-order valence-electron chi connectivity index (χ3n) is 2.59. The van der Waals surface area contributed by atoms with E-state index < -0.39 is 18.1 Å². The second-order valence-electron chi connectivity index (χ2n) is 4.00. The van der Waals surface area contributed by atoms with Crippen molar-refractivity contribution in [3.05, 3.63) is 48.6 Å². The molecule has 5 nitrogen and oxygen atoms in total. The lowest BCUT2D eigenvalue weighted by atomic mass is 10.2. The maximum absolute atomic E-state index is 11.8. The molecule has 0 radical (unpaired) electrons. The first kappa shape index (κ1) is 14.8. The molecule has 5 heteroatoms. The summed E-state index contributed by atoms with van der Waals surface area (Å²) >= 11 is 0. The largest absolute Gasteiger partial charge is 0.480 e. The molecule has 1 N–H and O–H groups in total. The SMILES string of the molecule is C=CCN(C(=O)OCc1ccccc1)[C@@H](C)C(=O)O. The maximum Gasteiger partial charge on any atom is 0.411 e. The first-order valence-electron chi connectivity index (χ1n) is 5.87. The molecule has 0 saturated carbocycles. The monoisotopic (exact) mass is 263 g/mol. The highest BCUT2D eigenvalue weighted by molar-refractivity contribution is 5.79. The van der Waals surface area contributed by atoms with Crippen molar-refractivity contribution in [3.8, 4) is 0 Å². The van der Waals surface area contributed by atoms with Crippen LogP contribution >= 0.6 is 0 Å². The van der Waals surface area contributed by atoms with E-state index in [2.05, 4.69) is 6.58 Å². The fourth-order valence-corrected chi connectivity index (χ4v) is 1.47. The van der Waals surface area contributed by atoms with Gasteiger partial charge in [-0.3, -0.25) is 4.90 Å². The summed E-state index contributed by atoms with van der Waals surface area (Å²) in [5.41, 5.74) is 0.845. The zero-order chi connectivity index (χ0) is 14.3. The Balaban J connectivity index is 2.62. The zero-order valence-electron chi connectivity index (χ0n) is 10.8. The fourth-order valence-electron chi connectivity index (χ4n) is 1.47. The van der Waals surface area contributed by atoms with Crippen molar-refractivity contribution >= 4 is 12.1 Å². The van der Waals surface area contributed by atoms with E-state index in [-0.39, 0.29) is 13.2 Å². The minimum absolute atomic E-state index is 0.111.